The Morgan fingerprint density at radius 3 is 2.79 bits per heavy atom. The second kappa shape index (κ2) is 6.76. The van der Waals surface area contributed by atoms with E-state index in [1.165, 1.54) is 22.2 Å². The molecule has 0 saturated carbocycles. The van der Waals surface area contributed by atoms with Gasteiger partial charge in [0.2, 0.25) is 6.79 Å². The molecule has 1 atom stereocenters. The maximum Gasteiger partial charge on any atom is 0.251 e. The molecular weight excluding hydrogens is 378 g/mol. The first kappa shape index (κ1) is 18.0. The van der Waals surface area contributed by atoms with E-state index in [1.807, 2.05) is 12.1 Å². The smallest absolute Gasteiger partial charge is 0.251 e. The van der Waals surface area contributed by atoms with Gasteiger partial charge in [-0.15, -0.1) is 11.3 Å². The fourth-order valence-corrected chi connectivity index (χ4v) is 5.75. The Kier molecular flexibility index (Phi) is 4.34. The van der Waals surface area contributed by atoms with E-state index in [9.17, 15) is 9.90 Å². The summed E-state index contributed by atoms with van der Waals surface area (Å²) in [5, 5.41) is 9.59. The van der Waals surface area contributed by atoms with E-state index in [-0.39, 0.29) is 18.3 Å². The third kappa shape index (κ3) is 2.89. The molecule has 2 aromatic rings. The van der Waals surface area contributed by atoms with Crippen molar-refractivity contribution in [1.82, 2.24) is 4.90 Å². The first-order valence-electron chi connectivity index (χ1n) is 9.70. The summed E-state index contributed by atoms with van der Waals surface area (Å²) in [6.45, 7) is 3.73. The normalized spacial score (nSPS) is 20.9. The van der Waals surface area contributed by atoms with Gasteiger partial charge in [-0.2, -0.15) is 0 Å². The Bertz CT molecular complexity index is 914. The van der Waals surface area contributed by atoms with Crippen LogP contribution in [0.15, 0.2) is 24.3 Å². The molecule has 5 rings (SSSR count). The zero-order valence-electron chi connectivity index (χ0n) is 15.8. The number of aliphatic hydroxyl groups is 1. The highest BCUT2D eigenvalue weighted by molar-refractivity contribution is 7.15. The SMILES string of the molecule is CC(O)C(=O)N1CCC2(CC1)OCCc1cc(-c3ccc4c(c3)OCO4)sc12. The van der Waals surface area contributed by atoms with Crippen molar-refractivity contribution in [2.45, 2.75) is 37.9 Å². The molecule has 4 heterocycles. The van der Waals surface area contributed by atoms with Crippen LogP contribution in [0.4, 0.5) is 0 Å². The molecule has 1 N–H and O–H groups in total. The number of rotatable bonds is 2. The van der Waals surface area contributed by atoms with Crippen LogP contribution in [0.1, 0.15) is 30.2 Å². The molecule has 1 saturated heterocycles. The molecule has 0 aliphatic carbocycles. The number of likely N-dealkylation sites (tertiary alicyclic amines) is 1. The standard InChI is InChI=1S/C21H23NO5S/c1-13(23)20(24)22-7-5-21(6-8-22)19-15(4-9-27-21)11-18(28-19)14-2-3-16-17(10-14)26-12-25-16/h2-3,10-11,13,23H,4-9,12H2,1H3. The molecule has 0 bridgehead atoms. The second-order valence-corrected chi connectivity index (χ2v) is 8.68. The van der Waals surface area contributed by atoms with Gasteiger partial charge in [0.1, 0.15) is 11.7 Å². The number of hydrogen-bond acceptors (Lipinski definition) is 6. The van der Waals surface area contributed by atoms with Gasteiger partial charge in [-0.05, 0) is 61.6 Å². The minimum absolute atomic E-state index is 0.196. The Morgan fingerprint density at radius 2 is 2.00 bits per heavy atom. The third-order valence-electron chi connectivity index (χ3n) is 5.87. The van der Waals surface area contributed by atoms with Crippen LogP contribution in [-0.2, 0) is 21.6 Å². The van der Waals surface area contributed by atoms with Gasteiger partial charge < -0.3 is 24.2 Å². The summed E-state index contributed by atoms with van der Waals surface area (Å²) in [4.78, 5) is 16.4. The van der Waals surface area contributed by atoms with Gasteiger partial charge in [0.05, 0.1) is 6.61 Å². The number of aliphatic hydroxyl groups excluding tert-OH is 1. The van der Waals surface area contributed by atoms with Gasteiger partial charge >= 0.3 is 0 Å². The summed E-state index contributed by atoms with van der Waals surface area (Å²) in [6, 6.07) is 8.34. The molecular formula is C21H23NO5S. The van der Waals surface area contributed by atoms with Crippen LogP contribution in [-0.4, -0.2) is 48.5 Å². The number of benzene rings is 1. The van der Waals surface area contributed by atoms with Crippen molar-refractivity contribution < 1.29 is 24.1 Å². The van der Waals surface area contributed by atoms with E-state index in [2.05, 4.69) is 12.1 Å². The van der Waals surface area contributed by atoms with Crippen molar-refractivity contribution in [3.05, 3.63) is 34.7 Å². The number of nitrogens with zero attached hydrogens (tertiary/aromatic N) is 1. The van der Waals surface area contributed by atoms with Crippen LogP contribution < -0.4 is 9.47 Å². The summed E-state index contributed by atoms with van der Waals surface area (Å²) in [5.41, 5.74) is 2.15. The van der Waals surface area contributed by atoms with Crippen molar-refractivity contribution in [3.63, 3.8) is 0 Å². The molecule has 1 unspecified atom stereocenters. The Hall–Kier alpha value is -2.09. The molecule has 0 radical (unpaired) electrons. The lowest BCUT2D eigenvalue weighted by atomic mass is 9.85. The molecule has 1 aromatic heterocycles. The van der Waals surface area contributed by atoms with Crippen molar-refractivity contribution in [1.29, 1.82) is 0 Å². The predicted molar refractivity (Wildman–Crippen MR) is 105 cm³/mol. The van der Waals surface area contributed by atoms with Crippen LogP contribution in [0, 0.1) is 0 Å². The van der Waals surface area contributed by atoms with E-state index >= 15 is 0 Å². The first-order valence-corrected chi connectivity index (χ1v) is 10.5. The molecule has 3 aliphatic rings. The number of thiophene rings is 1. The lowest BCUT2D eigenvalue weighted by Crippen LogP contribution is -2.49. The molecule has 1 fully saturated rings. The van der Waals surface area contributed by atoms with E-state index < -0.39 is 6.10 Å². The van der Waals surface area contributed by atoms with Gasteiger partial charge in [-0.3, -0.25) is 4.79 Å². The zero-order chi connectivity index (χ0) is 19.3. The van der Waals surface area contributed by atoms with Crippen LogP contribution in [0.5, 0.6) is 11.5 Å². The highest BCUT2D eigenvalue weighted by Crippen LogP contribution is 2.48. The van der Waals surface area contributed by atoms with E-state index in [4.69, 9.17) is 14.2 Å². The lowest BCUT2D eigenvalue weighted by Gasteiger charge is -2.44. The van der Waals surface area contributed by atoms with Crippen LogP contribution in [0.25, 0.3) is 10.4 Å². The van der Waals surface area contributed by atoms with E-state index in [0.29, 0.717) is 19.7 Å². The van der Waals surface area contributed by atoms with Crippen molar-refractivity contribution >= 4 is 17.2 Å². The number of ether oxygens (including phenoxy) is 3. The van der Waals surface area contributed by atoms with Gasteiger partial charge in [0.15, 0.2) is 11.5 Å². The average Bonchev–Trinajstić information content (AvgIpc) is 3.35. The van der Waals surface area contributed by atoms with Crippen LogP contribution in [0.3, 0.4) is 0 Å². The number of piperidine rings is 1. The summed E-state index contributed by atoms with van der Waals surface area (Å²) >= 11 is 1.78. The summed E-state index contributed by atoms with van der Waals surface area (Å²) < 4.78 is 17.3. The Labute approximate surface area is 167 Å². The Balaban J connectivity index is 1.43. The topological polar surface area (TPSA) is 68.2 Å². The van der Waals surface area contributed by atoms with Gasteiger partial charge in [0.25, 0.3) is 5.91 Å². The minimum atomic E-state index is -0.948. The monoisotopic (exact) mass is 401 g/mol. The maximum absolute atomic E-state index is 12.1. The second-order valence-electron chi connectivity index (χ2n) is 7.63. The summed E-state index contributed by atoms with van der Waals surface area (Å²) in [6.07, 6.45) is 1.49. The quantitative estimate of drug-likeness (QED) is 0.838. The number of hydrogen-bond donors (Lipinski definition) is 1. The molecule has 6 nitrogen and oxygen atoms in total. The molecule has 7 heteroatoms. The van der Waals surface area contributed by atoms with Crippen LogP contribution in [0.2, 0.25) is 0 Å². The minimum Gasteiger partial charge on any atom is -0.454 e. The van der Waals surface area contributed by atoms with Crippen molar-refractivity contribution in [2.24, 2.45) is 0 Å². The molecule has 1 spiro atoms. The molecule has 1 amide bonds. The number of fused-ring (bicyclic) bond motifs is 3. The van der Waals surface area contributed by atoms with Crippen LogP contribution >= 0.6 is 11.3 Å². The summed E-state index contributed by atoms with van der Waals surface area (Å²) in [7, 11) is 0. The van der Waals surface area contributed by atoms with E-state index in [1.54, 1.807) is 16.2 Å². The van der Waals surface area contributed by atoms with Crippen molar-refractivity contribution in [3.8, 4) is 21.9 Å². The molecule has 148 valence electrons. The number of carbonyl (C=O) groups excluding carboxylic acids is 1. The molecule has 28 heavy (non-hydrogen) atoms. The first-order chi connectivity index (χ1) is 13.6. The highest BCUT2D eigenvalue weighted by atomic mass is 32.1. The average molecular weight is 401 g/mol. The largest absolute Gasteiger partial charge is 0.454 e. The lowest BCUT2D eigenvalue weighted by molar-refractivity contribution is -0.147. The van der Waals surface area contributed by atoms with Gasteiger partial charge in [-0.25, -0.2) is 0 Å². The fraction of sp³-hybridized carbons (Fsp3) is 0.476. The predicted octanol–water partition coefficient (Wildman–Crippen LogP) is 2.92. The van der Waals surface area contributed by atoms with Crippen molar-refractivity contribution in [2.75, 3.05) is 26.5 Å². The zero-order valence-corrected chi connectivity index (χ0v) is 16.6. The van der Waals surface area contributed by atoms with Gasteiger partial charge in [-0.1, -0.05) is 0 Å². The maximum atomic E-state index is 12.1. The number of carbonyl (C=O) groups is 1. The number of amides is 1. The highest BCUT2D eigenvalue weighted by Gasteiger charge is 2.43. The molecule has 1 aromatic carbocycles. The summed E-state index contributed by atoms with van der Waals surface area (Å²) in [5.74, 6) is 1.39. The Morgan fingerprint density at radius 1 is 1.21 bits per heavy atom. The van der Waals surface area contributed by atoms with E-state index in [0.717, 1.165) is 36.3 Å². The molecule has 3 aliphatic heterocycles. The van der Waals surface area contributed by atoms with Gasteiger partial charge in [0, 0.05) is 22.8 Å². The third-order valence-corrected chi connectivity index (χ3v) is 7.28. The fourth-order valence-electron chi connectivity index (χ4n) is 4.34.